The number of carbonyl (C=O) groups is 1. The molecule has 0 radical (unpaired) electrons. The van der Waals surface area contributed by atoms with Gasteiger partial charge >= 0.3 is 0 Å². The average molecular weight is 593 g/mol. The number of amides is 1. The number of sulfonamides is 1. The van der Waals surface area contributed by atoms with Gasteiger partial charge in [-0.15, -0.1) is 0 Å². The highest BCUT2D eigenvalue weighted by atomic mass is 79.9. The number of halogens is 1. The second kappa shape index (κ2) is 11.7. The van der Waals surface area contributed by atoms with E-state index in [0.29, 0.717) is 42.7 Å². The van der Waals surface area contributed by atoms with E-state index in [2.05, 4.69) is 41.0 Å². The van der Waals surface area contributed by atoms with E-state index in [1.165, 1.54) is 25.3 Å². The minimum Gasteiger partial charge on any atom is -0.495 e. The number of nitrogens with zero attached hydrogens (tertiary/aromatic N) is 3. The number of hydrogen-bond donors (Lipinski definition) is 2. The third-order valence-corrected chi connectivity index (χ3v) is 8.12. The second-order valence-electron chi connectivity index (χ2n) is 9.22. The van der Waals surface area contributed by atoms with Crippen LogP contribution in [0, 0.1) is 5.92 Å². The van der Waals surface area contributed by atoms with Crippen molar-refractivity contribution in [1.29, 1.82) is 0 Å². The lowest BCUT2D eigenvalue weighted by Gasteiger charge is -2.31. The molecule has 1 aliphatic rings. The van der Waals surface area contributed by atoms with Gasteiger partial charge in [-0.3, -0.25) is 9.69 Å². The predicted molar refractivity (Wildman–Crippen MR) is 143 cm³/mol. The largest absolute Gasteiger partial charge is 0.495 e. The van der Waals surface area contributed by atoms with Crippen molar-refractivity contribution < 1.29 is 22.5 Å². The first kappa shape index (κ1) is 27.2. The molecule has 2 N–H and O–H groups in total. The van der Waals surface area contributed by atoms with Crippen molar-refractivity contribution in [2.45, 2.75) is 44.2 Å². The standard InChI is InChI=1S/C25H30BrN5O5S/c1-16(2)30-37(33,34)20-10-11-22(35-3)21(13-20)27-25(32)18-5-4-12-31(14-18)15-23-28-24(29-36-23)17-6-8-19(26)9-7-17/h6-11,13,16,18,30H,4-5,12,14-15H2,1-3H3,(H,27,32). The van der Waals surface area contributed by atoms with Crippen LogP contribution in [0.25, 0.3) is 11.4 Å². The Morgan fingerprint density at radius 3 is 2.70 bits per heavy atom. The van der Waals surface area contributed by atoms with E-state index in [0.717, 1.165) is 23.0 Å². The Morgan fingerprint density at radius 1 is 1.24 bits per heavy atom. The van der Waals surface area contributed by atoms with E-state index in [1.54, 1.807) is 13.8 Å². The van der Waals surface area contributed by atoms with Crippen molar-refractivity contribution in [2.24, 2.45) is 5.92 Å². The summed E-state index contributed by atoms with van der Waals surface area (Å²) in [6.07, 6.45) is 1.54. The zero-order valence-corrected chi connectivity index (χ0v) is 23.3. The van der Waals surface area contributed by atoms with Gasteiger partial charge in [0.1, 0.15) is 5.75 Å². The molecule has 2 heterocycles. The van der Waals surface area contributed by atoms with Crippen LogP contribution in [0.5, 0.6) is 5.75 Å². The van der Waals surface area contributed by atoms with Crippen LogP contribution in [0.3, 0.4) is 0 Å². The summed E-state index contributed by atoms with van der Waals surface area (Å²) in [5, 5.41) is 6.95. The molecule has 1 amide bonds. The number of nitrogens with one attached hydrogen (secondary N) is 2. The van der Waals surface area contributed by atoms with Gasteiger partial charge in [0.05, 0.1) is 30.2 Å². The van der Waals surface area contributed by atoms with Crippen LogP contribution >= 0.6 is 15.9 Å². The van der Waals surface area contributed by atoms with Crippen LogP contribution in [0.1, 0.15) is 32.6 Å². The number of likely N-dealkylation sites (tertiary alicyclic amines) is 1. The van der Waals surface area contributed by atoms with Gasteiger partial charge in [0.25, 0.3) is 0 Å². The Labute approximate surface area is 225 Å². The third kappa shape index (κ3) is 6.95. The summed E-state index contributed by atoms with van der Waals surface area (Å²) in [6.45, 7) is 5.24. The van der Waals surface area contributed by atoms with Crippen molar-refractivity contribution in [3.63, 3.8) is 0 Å². The summed E-state index contributed by atoms with van der Waals surface area (Å²) >= 11 is 3.42. The maximum atomic E-state index is 13.2. The molecule has 1 atom stereocenters. The van der Waals surface area contributed by atoms with Crippen LogP contribution in [0.15, 0.2) is 56.4 Å². The maximum Gasteiger partial charge on any atom is 0.241 e. The van der Waals surface area contributed by atoms with Gasteiger partial charge in [-0.1, -0.05) is 21.1 Å². The number of ether oxygens (including phenoxy) is 1. The number of methoxy groups -OCH3 is 1. The minimum atomic E-state index is -3.72. The molecule has 10 nitrogen and oxygen atoms in total. The topological polar surface area (TPSA) is 127 Å². The number of hydrogen-bond acceptors (Lipinski definition) is 8. The summed E-state index contributed by atoms with van der Waals surface area (Å²) in [5.41, 5.74) is 1.17. The Bertz CT molecular complexity index is 1340. The molecular weight excluding hydrogens is 562 g/mol. The van der Waals surface area contributed by atoms with Crippen LogP contribution in [0.2, 0.25) is 0 Å². The summed E-state index contributed by atoms with van der Waals surface area (Å²) < 4.78 is 39.6. The predicted octanol–water partition coefficient (Wildman–Crippen LogP) is 4.05. The highest BCUT2D eigenvalue weighted by Crippen LogP contribution is 2.29. The van der Waals surface area contributed by atoms with E-state index in [-0.39, 0.29) is 22.8 Å². The third-order valence-electron chi connectivity index (χ3n) is 5.94. The van der Waals surface area contributed by atoms with Crippen molar-refractivity contribution >= 4 is 37.5 Å². The molecule has 0 bridgehead atoms. The number of benzene rings is 2. The Hall–Kier alpha value is -2.80. The van der Waals surface area contributed by atoms with Crippen molar-refractivity contribution in [1.82, 2.24) is 19.8 Å². The van der Waals surface area contributed by atoms with E-state index in [1.807, 2.05) is 24.3 Å². The lowest BCUT2D eigenvalue weighted by Crippen LogP contribution is -2.40. The maximum absolute atomic E-state index is 13.2. The number of piperidine rings is 1. The molecule has 12 heteroatoms. The van der Waals surface area contributed by atoms with Gasteiger partial charge in [0.2, 0.25) is 27.6 Å². The minimum absolute atomic E-state index is 0.0561. The zero-order valence-electron chi connectivity index (χ0n) is 20.9. The lowest BCUT2D eigenvalue weighted by molar-refractivity contribution is -0.121. The number of aromatic nitrogens is 2. The molecule has 4 rings (SSSR count). The van der Waals surface area contributed by atoms with Gasteiger partial charge in [-0.25, -0.2) is 13.1 Å². The first-order valence-electron chi connectivity index (χ1n) is 12.0. The van der Waals surface area contributed by atoms with E-state index < -0.39 is 10.0 Å². The van der Waals surface area contributed by atoms with E-state index in [9.17, 15) is 13.2 Å². The molecule has 3 aromatic rings. The van der Waals surface area contributed by atoms with Crippen LogP contribution < -0.4 is 14.8 Å². The molecule has 1 unspecified atom stereocenters. The fourth-order valence-electron chi connectivity index (χ4n) is 4.20. The number of anilines is 1. The summed E-state index contributed by atoms with van der Waals surface area (Å²) in [7, 11) is -2.25. The Morgan fingerprint density at radius 2 is 2.00 bits per heavy atom. The first-order chi connectivity index (χ1) is 17.6. The molecule has 198 valence electrons. The van der Waals surface area contributed by atoms with E-state index in [4.69, 9.17) is 9.26 Å². The van der Waals surface area contributed by atoms with Crippen LogP contribution in [-0.4, -0.2) is 55.6 Å². The summed E-state index contributed by atoms with van der Waals surface area (Å²) in [4.78, 5) is 19.8. The molecule has 1 aliphatic heterocycles. The summed E-state index contributed by atoms with van der Waals surface area (Å²) in [5.74, 6) is 0.895. The SMILES string of the molecule is COc1ccc(S(=O)(=O)NC(C)C)cc1NC(=O)C1CCCN(Cc2nc(-c3ccc(Br)cc3)no2)C1. The summed E-state index contributed by atoms with van der Waals surface area (Å²) in [6, 6.07) is 11.8. The molecule has 2 aromatic carbocycles. The van der Waals surface area contributed by atoms with Crippen molar-refractivity contribution in [3.8, 4) is 17.1 Å². The van der Waals surface area contributed by atoms with Gasteiger partial charge < -0.3 is 14.6 Å². The second-order valence-corrected chi connectivity index (χ2v) is 11.8. The van der Waals surface area contributed by atoms with Crippen LogP contribution in [-0.2, 0) is 21.4 Å². The quantitative estimate of drug-likeness (QED) is 0.381. The highest BCUT2D eigenvalue weighted by Gasteiger charge is 2.28. The molecular formula is C25H30BrN5O5S. The first-order valence-corrected chi connectivity index (χ1v) is 14.2. The van der Waals surface area contributed by atoms with Gasteiger partial charge in [-0.2, -0.15) is 4.98 Å². The van der Waals surface area contributed by atoms with E-state index >= 15 is 0 Å². The molecule has 0 aliphatic carbocycles. The molecule has 37 heavy (non-hydrogen) atoms. The van der Waals surface area contributed by atoms with Gasteiger partial charge in [0, 0.05) is 22.6 Å². The van der Waals surface area contributed by atoms with Crippen molar-refractivity contribution in [3.05, 3.63) is 52.8 Å². The smallest absolute Gasteiger partial charge is 0.241 e. The normalized spacial score (nSPS) is 16.6. The molecule has 1 fully saturated rings. The Kier molecular flexibility index (Phi) is 8.63. The van der Waals surface area contributed by atoms with Crippen LogP contribution in [0.4, 0.5) is 5.69 Å². The number of carbonyl (C=O) groups excluding carboxylic acids is 1. The number of rotatable bonds is 9. The molecule has 1 aromatic heterocycles. The van der Waals surface area contributed by atoms with Crippen molar-refractivity contribution in [2.75, 3.05) is 25.5 Å². The fourth-order valence-corrected chi connectivity index (χ4v) is 5.75. The zero-order chi connectivity index (χ0) is 26.6. The average Bonchev–Trinajstić information content (AvgIpc) is 3.32. The molecule has 0 saturated carbocycles. The van der Waals surface area contributed by atoms with Gasteiger partial charge in [0.15, 0.2) is 0 Å². The monoisotopic (exact) mass is 591 g/mol. The molecule has 1 saturated heterocycles. The molecule has 0 spiro atoms. The lowest BCUT2D eigenvalue weighted by atomic mass is 9.97. The highest BCUT2D eigenvalue weighted by molar-refractivity contribution is 9.10. The van der Waals surface area contributed by atoms with Gasteiger partial charge in [-0.05, 0) is 75.7 Å². The fraction of sp³-hybridized carbons (Fsp3) is 0.400. The Balaban J connectivity index is 1.42.